The zero-order valence-corrected chi connectivity index (χ0v) is 15.1. The summed E-state index contributed by atoms with van der Waals surface area (Å²) in [5, 5.41) is 1.10. The Morgan fingerprint density at radius 2 is 2.00 bits per heavy atom. The predicted molar refractivity (Wildman–Crippen MR) is 105 cm³/mol. The molecule has 2 aliphatic rings. The first-order chi connectivity index (χ1) is 13.3. The van der Waals surface area contributed by atoms with Crippen LogP contribution in [0, 0.1) is 5.92 Å². The number of anilines is 1. The topological polar surface area (TPSA) is 55.3 Å². The summed E-state index contributed by atoms with van der Waals surface area (Å²) in [5.41, 5.74) is 4.94. The van der Waals surface area contributed by atoms with Crippen LogP contribution in [-0.2, 0) is 16.0 Å². The lowest BCUT2D eigenvalue weighted by Crippen LogP contribution is -2.34. The zero-order valence-electron chi connectivity index (χ0n) is 15.1. The molecule has 4 heterocycles. The molecule has 2 aliphatic heterocycles. The van der Waals surface area contributed by atoms with Crippen LogP contribution in [0.15, 0.2) is 48.8 Å². The molecular formula is C22H21N3O2. The number of carbonyl (C=O) groups is 1. The SMILES string of the molecule is O=C1Cc2ncc(-c3cccc4ncccc34)cc2N1CC1CCOCC1. The molecule has 0 aliphatic carbocycles. The summed E-state index contributed by atoms with van der Waals surface area (Å²) in [7, 11) is 0. The lowest BCUT2D eigenvalue weighted by molar-refractivity contribution is -0.117. The van der Waals surface area contributed by atoms with Crippen LogP contribution in [0.2, 0.25) is 0 Å². The lowest BCUT2D eigenvalue weighted by atomic mass is 9.99. The van der Waals surface area contributed by atoms with Gasteiger partial charge in [0.1, 0.15) is 0 Å². The van der Waals surface area contributed by atoms with Crippen LogP contribution in [0.1, 0.15) is 18.5 Å². The third-order valence-electron chi connectivity index (χ3n) is 5.60. The summed E-state index contributed by atoms with van der Waals surface area (Å²) in [5.74, 6) is 0.653. The van der Waals surface area contributed by atoms with Crippen LogP contribution < -0.4 is 4.90 Å². The highest BCUT2D eigenvalue weighted by atomic mass is 16.5. The first kappa shape index (κ1) is 16.4. The van der Waals surface area contributed by atoms with Gasteiger partial charge in [-0.05, 0) is 42.5 Å². The normalized spacial score (nSPS) is 17.5. The zero-order chi connectivity index (χ0) is 18.2. The average molecular weight is 359 g/mol. The van der Waals surface area contributed by atoms with Gasteiger partial charge in [-0.2, -0.15) is 0 Å². The van der Waals surface area contributed by atoms with Crippen LogP contribution in [-0.4, -0.2) is 35.6 Å². The third kappa shape index (κ3) is 2.98. The molecule has 1 fully saturated rings. The van der Waals surface area contributed by atoms with Crippen molar-refractivity contribution in [3.05, 3.63) is 54.5 Å². The second-order valence-electron chi connectivity index (χ2n) is 7.30. The van der Waals surface area contributed by atoms with Crippen LogP contribution >= 0.6 is 0 Å². The van der Waals surface area contributed by atoms with Crippen molar-refractivity contribution in [1.29, 1.82) is 0 Å². The highest BCUT2D eigenvalue weighted by Gasteiger charge is 2.31. The van der Waals surface area contributed by atoms with Gasteiger partial charge < -0.3 is 9.64 Å². The standard InChI is InChI=1S/C22H21N3O2/c26-22-12-20-21(25(22)14-15-6-9-27-10-7-15)11-16(13-24-20)17-3-1-5-19-18(17)4-2-8-23-19/h1-5,8,11,13,15H,6-7,9-10,12,14H2. The van der Waals surface area contributed by atoms with E-state index >= 15 is 0 Å². The van der Waals surface area contributed by atoms with Gasteiger partial charge in [0.05, 0.1) is 23.3 Å². The largest absolute Gasteiger partial charge is 0.381 e. The predicted octanol–water partition coefficient (Wildman–Crippen LogP) is 3.61. The third-order valence-corrected chi connectivity index (χ3v) is 5.60. The Morgan fingerprint density at radius 1 is 1.11 bits per heavy atom. The fourth-order valence-electron chi connectivity index (χ4n) is 4.11. The van der Waals surface area contributed by atoms with Gasteiger partial charge in [0.2, 0.25) is 5.91 Å². The summed E-state index contributed by atoms with van der Waals surface area (Å²) in [4.78, 5) is 23.6. The van der Waals surface area contributed by atoms with E-state index in [4.69, 9.17) is 4.74 Å². The number of nitrogens with zero attached hydrogens (tertiary/aromatic N) is 3. The number of ether oxygens (including phenoxy) is 1. The average Bonchev–Trinajstić information content (AvgIpc) is 3.03. The number of pyridine rings is 2. The molecule has 1 amide bonds. The molecular weight excluding hydrogens is 338 g/mol. The molecule has 0 unspecified atom stereocenters. The molecule has 0 bridgehead atoms. The van der Waals surface area contributed by atoms with E-state index in [1.54, 1.807) is 6.20 Å². The van der Waals surface area contributed by atoms with Gasteiger partial charge in [0, 0.05) is 43.1 Å². The molecule has 136 valence electrons. The minimum absolute atomic E-state index is 0.153. The van der Waals surface area contributed by atoms with Gasteiger partial charge in [0.25, 0.3) is 0 Å². The molecule has 2 aromatic heterocycles. The first-order valence-electron chi connectivity index (χ1n) is 9.51. The number of fused-ring (bicyclic) bond motifs is 2. The van der Waals surface area contributed by atoms with Crippen LogP contribution in [0.3, 0.4) is 0 Å². The molecule has 5 heteroatoms. The van der Waals surface area contributed by atoms with E-state index in [1.165, 1.54) is 0 Å². The Labute approximate surface area is 158 Å². The maximum Gasteiger partial charge on any atom is 0.233 e. The minimum Gasteiger partial charge on any atom is -0.381 e. The number of rotatable bonds is 3. The van der Waals surface area contributed by atoms with E-state index in [9.17, 15) is 4.79 Å². The first-order valence-corrected chi connectivity index (χ1v) is 9.51. The number of carbonyl (C=O) groups excluding carboxylic acids is 1. The van der Waals surface area contributed by atoms with Crippen molar-refractivity contribution < 1.29 is 9.53 Å². The Bertz CT molecular complexity index is 1010. The molecule has 5 nitrogen and oxygen atoms in total. The number of aromatic nitrogens is 2. The number of amides is 1. The monoisotopic (exact) mass is 359 g/mol. The van der Waals surface area contributed by atoms with E-state index in [1.807, 2.05) is 29.3 Å². The number of benzene rings is 1. The summed E-state index contributed by atoms with van der Waals surface area (Å²) in [6.45, 7) is 2.35. The van der Waals surface area contributed by atoms with Gasteiger partial charge >= 0.3 is 0 Å². The van der Waals surface area contributed by atoms with Gasteiger partial charge in [-0.1, -0.05) is 18.2 Å². The van der Waals surface area contributed by atoms with Crippen molar-refractivity contribution in [2.24, 2.45) is 5.92 Å². The van der Waals surface area contributed by atoms with Crippen molar-refractivity contribution in [2.75, 3.05) is 24.7 Å². The Hall–Kier alpha value is -2.79. The Balaban J connectivity index is 1.53. The maximum absolute atomic E-state index is 12.6. The second-order valence-corrected chi connectivity index (χ2v) is 7.30. The fourth-order valence-corrected chi connectivity index (χ4v) is 4.11. The second kappa shape index (κ2) is 6.74. The van der Waals surface area contributed by atoms with E-state index in [0.29, 0.717) is 12.3 Å². The molecule has 0 N–H and O–H groups in total. The molecule has 0 spiro atoms. The molecule has 3 aromatic rings. The molecule has 27 heavy (non-hydrogen) atoms. The molecule has 0 atom stereocenters. The fraction of sp³-hybridized carbons (Fsp3) is 0.318. The molecule has 5 rings (SSSR count). The van der Waals surface area contributed by atoms with E-state index < -0.39 is 0 Å². The quantitative estimate of drug-likeness (QED) is 0.717. The lowest BCUT2D eigenvalue weighted by Gasteiger charge is -2.27. The molecule has 0 saturated carbocycles. The van der Waals surface area contributed by atoms with Crippen LogP contribution in [0.4, 0.5) is 5.69 Å². The molecule has 1 saturated heterocycles. The van der Waals surface area contributed by atoms with Crippen LogP contribution in [0.25, 0.3) is 22.0 Å². The highest BCUT2D eigenvalue weighted by Crippen LogP contribution is 2.35. The van der Waals surface area contributed by atoms with Crippen molar-refractivity contribution in [3.63, 3.8) is 0 Å². The number of hydrogen-bond donors (Lipinski definition) is 0. The van der Waals surface area contributed by atoms with Crippen molar-refractivity contribution in [3.8, 4) is 11.1 Å². The van der Waals surface area contributed by atoms with E-state index in [2.05, 4.69) is 28.2 Å². The highest BCUT2D eigenvalue weighted by molar-refractivity contribution is 6.02. The van der Waals surface area contributed by atoms with Crippen LogP contribution in [0.5, 0.6) is 0 Å². The molecule has 0 radical (unpaired) electrons. The summed E-state index contributed by atoms with van der Waals surface area (Å²) < 4.78 is 5.46. The van der Waals surface area contributed by atoms with Crippen molar-refractivity contribution in [1.82, 2.24) is 9.97 Å². The summed E-state index contributed by atoms with van der Waals surface area (Å²) >= 11 is 0. The Kier molecular flexibility index (Phi) is 4.09. The maximum atomic E-state index is 12.6. The summed E-state index contributed by atoms with van der Waals surface area (Å²) in [6, 6.07) is 12.3. The van der Waals surface area contributed by atoms with Crippen molar-refractivity contribution in [2.45, 2.75) is 19.3 Å². The van der Waals surface area contributed by atoms with Crippen molar-refractivity contribution >= 4 is 22.5 Å². The van der Waals surface area contributed by atoms with Gasteiger partial charge in [-0.15, -0.1) is 0 Å². The number of hydrogen-bond acceptors (Lipinski definition) is 4. The van der Waals surface area contributed by atoms with E-state index in [-0.39, 0.29) is 5.91 Å². The smallest absolute Gasteiger partial charge is 0.233 e. The minimum atomic E-state index is 0.153. The van der Waals surface area contributed by atoms with Gasteiger partial charge in [0.15, 0.2) is 0 Å². The summed E-state index contributed by atoms with van der Waals surface area (Å²) in [6.07, 6.45) is 6.12. The molecule has 1 aromatic carbocycles. The van der Waals surface area contributed by atoms with Gasteiger partial charge in [-0.25, -0.2) is 0 Å². The van der Waals surface area contributed by atoms with Gasteiger partial charge in [-0.3, -0.25) is 14.8 Å². The Morgan fingerprint density at radius 3 is 2.89 bits per heavy atom. The van der Waals surface area contributed by atoms with E-state index in [0.717, 1.165) is 66.0 Å².